The Hall–Kier alpha value is -1.72. The molecule has 0 aromatic heterocycles. The molecule has 0 saturated heterocycles. The van der Waals surface area contributed by atoms with Crippen molar-refractivity contribution in [3.63, 3.8) is 0 Å². The van der Waals surface area contributed by atoms with Gasteiger partial charge in [-0.2, -0.15) is 0 Å². The second-order valence-corrected chi connectivity index (χ2v) is 4.11. The lowest BCUT2D eigenvalue weighted by atomic mass is 10.3. The molecule has 0 amide bonds. The number of ether oxygens (including phenoxy) is 2. The largest absolute Gasteiger partial charge is 0.423 e. The molecule has 0 atom stereocenters. The SMILES string of the molecule is CC(=O)CC(=O)OC(C)(C)OC(=O)CC(C)=O. The van der Waals surface area contributed by atoms with Crippen LogP contribution in [-0.4, -0.2) is 29.3 Å². The van der Waals surface area contributed by atoms with Crippen LogP contribution in [0.4, 0.5) is 0 Å². The quantitative estimate of drug-likeness (QED) is 0.389. The van der Waals surface area contributed by atoms with E-state index < -0.39 is 17.7 Å². The third-order valence-corrected chi connectivity index (χ3v) is 1.51. The first-order valence-corrected chi connectivity index (χ1v) is 5.05. The second kappa shape index (κ2) is 6.12. The number of ketones is 2. The maximum Gasteiger partial charge on any atom is 0.316 e. The molecule has 0 N–H and O–H groups in total. The van der Waals surface area contributed by atoms with Crippen LogP contribution >= 0.6 is 0 Å². The van der Waals surface area contributed by atoms with Gasteiger partial charge in [0.25, 0.3) is 5.79 Å². The minimum atomic E-state index is -1.49. The lowest BCUT2D eigenvalue weighted by molar-refractivity contribution is -0.215. The highest BCUT2D eigenvalue weighted by atomic mass is 16.7. The molecule has 0 aliphatic carbocycles. The molecule has 0 aliphatic rings. The summed E-state index contributed by atoms with van der Waals surface area (Å²) in [6.45, 7) is 5.19. The highest BCUT2D eigenvalue weighted by molar-refractivity contribution is 5.95. The average molecular weight is 244 g/mol. The van der Waals surface area contributed by atoms with Crippen molar-refractivity contribution in [2.75, 3.05) is 0 Å². The predicted octanol–water partition coefficient (Wildman–Crippen LogP) is 0.767. The molecular weight excluding hydrogens is 228 g/mol. The van der Waals surface area contributed by atoms with Gasteiger partial charge in [-0.1, -0.05) is 0 Å². The monoisotopic (exact) mass is 244 g/mol. The van der Waals surface area contributed by atoms with E-state index in [0.29, 0.717) is 0 Å². The topological polar surface area (TPSA) is 86.7 Å². The first-order valence-electron chi connectivity index (χ1n) is 5.05. The molecule has 0 fully saturated rings. The highest BCUT2D eigenvalue weighted by Crippen LogP contribution is 2.13. The number of rotatable bonds is 6. The number of esters is 2. The summed E-state index contributed by atoms with van der Waals surface area (Å²) in [6.07, 6.45) is -0.763. The number of carbonyl (C=O) groups excluding carboxylic acids is 4. The van der Waals surface area contributed by atoms with E-state index in [1.807, 2.05) is 0 Å². The van der Waals surface area contributed by atoms with Crippen LogP contribution in [0.3, 0.4) is 0 Å². The molecule has 0 saturated carbocycles. The van der Waals surface area contributed by atoms with E-state index >= 15 is 0 Å². The summed E-state index contributed by atoms with van der Waals surface area (Å²) in [4.78, 5) is 43.7. The van der Waals surface area contributed by atoms with Gasteiger partial charge in [-0.25, -0.2) is 0 Å². The van der Waals surface area contributed by atoms with E-state index in [1.165, 1.54) is 27.7 Å². The zero-order valence-electron chi connectivity index (χ0n) is 10.4. The summed E-state index contributed by atoms with van der Waals surface area (Å²) >= 11 is 0. The molecule has 96 valence electrons. The molecular formula is C11H16O6. The van der Waals surface area contributed by atoms with Crippen molar-refractivity contribution in [1.82, 2.24) is 0 Å². The van der Waals surface area contributed by atoms with Gasteiger partial charge in [-0.3, -0.25) is 19.2 Å². The molecule has 6 nitrogen and oxygen atoms in total. The smallest absolute Gasteiger partial charge is 0.316 e. The van der Waals surface area contributed by atoms with Gasteiger partial charge in [0, 0.05) is 13.8 Å². The van der Waals surface area contributed by atoms with Crippen molar-refractivity contribution >= 4 is 23.5 Å². The molecule has 0 bridgehead atoms. The Labute approximate surface area is 99.3 Å². The van der Waals surface area contributed by atoms with Crippen molar-refractivity contribution in [3.8, 4) is 0 Å². The van der Waals surface area contributed by atoms with Gasteiger partial charge < -0.3 is 9.47 Å². The van der Waals surface area contributed by atoms with Crippen molar-refractivity contribution in [1.29, 1.82) is 0 Å². The van der Waals surface area contributed by atoms with Crippen molar-refractivity contribution in [2.45, 2.75) is 46.3 Å². The minimum absolute atomic E-state index is 0.346. The van der Waals surface area contributed by atoms with Crippen LogP contribution in [0.5, 0.6) is 0 Å². The maximum absolute atomic E-state index is 11.2. The molecule has 0 unspecified atom stereocenters. The third-order valence-electron chi connectivity index (χ3n) is 1.51. The van der Waals surface area contributed by atoms with Crippen LogP contribution in [0.15, 0.2) is 0 Å². The lowest BCUT2D eigenvalue weighted by Crippen LogP contribution is -2.34. The van der Waals surface area contributed by atoms with Gasteiger partial charge in [0.05, 0.1) is 0 Å². The first-order chi connectivity index (χ1) is 7.62. The van der Waals surface area contributed by atoms with Gasteiger partial charge in [0.15, 0.2) is 0 Å². The summed E-state index contributed by atoms with van der Waals surface area (Å²) in [5.74, 6) is -3.74. The molecule has 0 aromatic rings. The lowest BCUT2D eigenvalue weighted by Gasteiger charge is -2.24. The van der Waals surface area contributed by atoms with Crippen molar-refractivity contribution in [2.24, 2.45) is 0 Å². The van der Waals surface area contributed by atoms with Gasteiger partial charge in [-0.15, -0.1) is 0 Å². The number of carbonyl (C=O) groups is 4. The minimum Gasteiger partial charge on any atom is -0.423 e. The Morgan fingerprint density at radius 1 is 0.824 bits per heavy atom. The fourth-order valence-corrected chi connectivity index (χ4v) is 1.05. The van der Waals surface area contributed by atoms with E-state index in [1.54, 1.807) is 0 Å². The Morgan fingerprint density at radius 3 is 1.35 bits per heavy atom. The summed E-state index contributed by atoms with van der Waals surface area (Å²) < 4.78 is 9.57. The van der Waals surface area contributed by atoms with Gasteiger partial charge >= 0.3 is 11.9 Å². The summed E-state index contributed by atoms with van der Waals surface area (Å²) in [6, 6.07) is 0. The Morgan fingerprint density at radius 2 is 1.12 bits per heavy atom. The van der Waals surface area contributed by atoms with E-state index in [-0.39, 0.29) is 24.4 Å². The zero-order valence-corrected chi connectivity index (χ0v) is 10.4. The molecule has 0 aromatic carbocycles. The van der Waals surface area contributed by atoms with Crippen LogP contribution < -0.4 is 0 Å². The number of Topliss-reactive ketones (excluding diaryl/α,β-unsaturated/α-hetero) is 2. The molecule has 0 aliphatic heterocycles. The van der Waals surface area contributed by atoms with Crippen LogP contribution in [0.25, 0.3) is 0 Å². The maximum atomic E-state index is 11.2. The molecule has 6 heteroatoms. The first kappa shape index (κ1) is 15.3. The Bertz CT molecular complexity index is 310. The number of hydrogen-bond acceptors (Lipinski definition) is 6. The van der Waals surface area contributed by atoms with Gasteiger partial charge in [-0.05, 0) is 13.8 Å². The highest BCUT2D eigenvalue weighted by Gasteiger charge is 2.28. The zero-order chi connectivity index (χ0) is 13.6. The fraction of sp³-hybridized carbons (Fsp3) is 0.636. The van der Waals surface area contributed by atoms with E-state index in [9.17, 15) is 19.2 Å². The van der Waals surface area contributed by atoms with E-state index in [4.69, 9.17) is 9.47 Å². The van der Waals surface area contributed by atoms with Crippen molar-refractivity contribution < 1.29 is 28.7 Å². The second-order valence-electron chi connectivity index (χ2n) is 4.11. The van der Waals surface area contributed by atoms with Gasteiger partial charge in [0.1, 0.15) is 24.4 Å². The summed E-state index contributed by atoms with van der Waals surface area (Å²) in [5, 5.41) is 0. The summed E-state index contributed by atoms with van der Waals surface area (Å²) in [7, 11) is 0. The Kier molecular flexibility index (Phi) is 5.50. The summed E-state index contributed by atoms with van der Waals surface area (Å²) in [5.41, 5.74) is 0. The normalized spacial score (nSPS) is 10.6. The van der Waals surface area contributed by atoms with Crippen LogP contribution in [0.2, 0.25) is 0 Å². The Balaban J connectivity index is 4.28. The molecule has 0 spiro atoms. The molecule has 0 rings (SSSR count). The van der Waals surface area contributed by atoms with Gasteiger partial charge in [0.2, 0.25) is 0 Å². The van der Waals surface area contributed by atoms with Crippen molar-refractivity contribution in [3.05, 3.63) is 0 Å². The van der Waals surface area contributed by atoms with E-state index in [0.717, 1.165) is 0 Å². The molecule has 17 heavy (non-hydrogen) atoms. The van der Waals surface area contributed by atoms with Crippen LogP contribution in [-0.2, 0) is 28.7 Å². The predicted molar refractivity (Wildman–Crippen MR) is 56.9 cm³/mol. The fourth-order valence-electron chi connectivity index (χ4n) is 1.05. The average Bonchev–Trinajstić information content (AvgIpc) is 1.95. The van der Waals surface area contributed by atoms with E-state index in [2.05, 4.69) is 0 Å². The van der Waals surface area contributed by atoms with Crippen LogP contribution in [0.1, 0.15) is 40.5 Å². The number of hydrogen-bond donors (Lipinski definition) is 0. The third kappa shape index (κ3) is 8.12. The standard InChI is InChI=1S/C11H16O6/c1-7(12)5-9(14)16-11(3,4)17-10(15)6-8(2)13/h5-6H2,1-4H3. The van der Waals surface area contributed by atoms with Crippen LogP contribution in [0, 0.1) is 0 Å². The molecule has 0 heterocycles. The molecule has 0 radical (unpaired) electrons.